The molecule has 1 aliphatic carbocycles. The molecule has 32 heavy (non-hydrogen) atoms. The van der Waals surface area contributed by atoms with E-state index in [0.717, 1.165) is 12.0 Å². The van der Waals surface area contributed by atoms with E-state index in [0.29, 0.717) is 52.5 Å². The number of carbonyl (C=O) groups excluding carboxylic acids is 1. The number of hydrogen-bond acceptors (Lipinski definition) is 5. The first-order valence-electron chi connectivity index (χ1n) is 10.6. The average Bonchev–Trinajstić information content (AvgIpc) is 2.79. The van der Waals surface area contributed by atoms with E-state index in [1.54, 1.807) is 6.20 Å². The van der Waals surface area contributed by atoms with E-state index in [9.17, 15) is 9.59 Å². The second kappa shape index (κ2) is 8.55. The predicted octanol–water partition coefficient (Wildman–Crippen LogP) is 4.54. The summed E-state index contributed by atoms with van der Waals surface area (Å²) in [7, 11) is 0. The van der Waals surface area contributed by atoms with Crippen molar-refractivity contribution in [3.05, 3.63) is 98.4 Å². The lowest BCUT2D eigenvalue weighted by Crippen LogP contribution is -2.23. The molecule has 0 unspecified atom stereocenters. The number of H-pyrrole nitrogens is 1. The first-order valence-corrected chi connectivity index (χ1v) is 10.9. The SMILES string of the molecule is O=C1C[C@H](c2cccc(Cl)c2)Cc2c1cnc1nc(NCCc3ccccc3)[nH]c(=O)c21. The minimum Gasteiger partial charge on any atom is -0.355 e. The number of pyridine rings is 1. The number of hydrogen-bond donors (Lipinski definition) is 2. The zero-order chi connectivity index (χ0) is 22.1. The maximum absolute atomic E-state index is 13.0. The topological polar surface area (TPSA) is 87.7 Å². The van der Waals surface area contributed by atoms with Gasteiger partial charge in [0.05, 0.1) is 5.39 Å². The molecule has 160 valence electrons. The minimum absolute atomic E-state index is 0.0184. The molecule has 7 heteroatoms. The number of Topliss-reactive ketones (excluding diaryl/α,β-unsaturated/α-hetero) is 1. The Labute approximate surface area is 189 Å². The molecule has 6 nitrogen and oxygen atoms in total. The molecule has 0 saturated heterocycles. The fourth-order valence-electron chi connectivity index (χ4n) is 4.32. The number of ketones is 1. The summed E-state index contributed by atoms with van der Waals surface area (Å²) in [6, 6.07) is 17.6. The number of anilines is 1. The van der Waals surface area contributed by atoms with Crippen molar-refractivity contribution in [2.45, 2.75) is 25.2 Å². The summed E-state index contributed by atoms with van der Waals surface area (Å²) in [6.07, 6.45) is 3.28. The lowest BCUT2D eigenvalue weighted by molar-refractivity contribution is 0.0964. The molecule has 2 aromatic carbocycles. The second-order valence-corrected chi connectivity index (χ2v) is 8.45. The number of benzene rings is 2. The van der Waals surface area contributed by atoms with E-state index in [1.165, 1.54) is 5.56 Å². The highest BCUT2D eigenvalue weighted by Gasteiger charge is 2.29. The first-order chi connectivity index (χ1) is 15.6. The standard InChI is InChI=1S/C25H21ClN4O2/c26-18-8-4-7-16(11-18)17-12-19-20(21(31)13-17)14-28-23-22(19)24(32)30-25(29-23)27-10-9-15-5-2-1-3-6-15/h1-8,11,14,17H,9-10,12-13H2,(H2,27,28,29,30,32)/t17-/m1/s1. The third kappa shape index (κ3) is 4.01. The Morgan fingerprint density at radius 1 is 1.06 bits per heavy atom. The molecule has 0 spiro atoms. The maximum Gasteiger partial charge on any atom is 0.262 e. The number of carbonyl (C=O) groups is 1. The molecule has 2 heterocycles. The number of aromatic amines is 1. The zero-order valence-electron chi connectivity index (χ0n) is 17.3. The highest BCUT2D eigenvalue weighted by atomic mass is 35.5. The van der Waals surface area contributed by atoms with Crippen molar-refractivity contribution in [3.63, 3.8) is 0 Å². The van der Waals surface area contributed by atoms with E-state index >= 15 is 0 Å². The molecular weight excluding hydrogens is 424 g/mol. The smallest absolute Gasteiger partial charge is 0.262 e. The van der Waals surface area contributed by atoms with Crippen LogP contribution >= 0.6 is 11.6 Å². The van der Waals surface area contributed by atoms with E-state index < -0.39 is 0 Å². The van der Waals surface area contributed by atoms with Gasteiger partial charge < -0.3 is 5.32 Å². The van der Waals surface area contributed by atoms with Crippen molar-refractivity contribution in [3.8, 4) is 0 Å². The number of nitrogens with one attached hydrogen (secondary N) is 2. The number of halogens is 1. The van der Waals surface area contributed by atoms with Gasteiger partial charge >= 0.3 is 0 Å². The lowest BCUT2D eigenvalue weighted by atomic mass is 9.79. The third-order valence-electron chi connectivity index (χ3n) is 5.89. The van der Waals surface area contributed by atoms with Crippen LogP contribution in [0.25, 0.3) is 11.0 Å². The molecular formula is C25H21ClN4O2. The van der Waals surface area contributed by atoms with Crippen molar-refractivity contribution in [1.82, 2.24) is 15.0 Å². The Balaban J connectivity index is 1.45. The summed E-state index contributed by atoms with van der Waals surface area (Å²) < 4.78 is 0. The van der Waals surface area contributed by atoms with Crippen molar-refractivity contribution in [2.24, 2.45) is 0 Å². The van der Waals surface area contributed by atoms with Crippen LogP contribution < -0.4 is 10.9 Å². The fourth-order valence-corrected chi connectivity index (χ4v) is 4.52. The molecule has 4 aromatic rings. The summed E-state index contributed by atoms with van der Waals surface area (Å²) in [5, 5.41) is 4.18. The molecule has 5 rings (SSSR count). The van der Waals surface area contributed by atoms with Gasteiger partial charge in [-0.3, -0.25) is 14.6 Å². The largest absolute Gasteiger partial charge is 0.355 e. The van der Waals surface area contributed by atoms with Crippen molar-refractivity contribution >= 4 is 34.4 Å². The minimum atomic E-state index is -0.291. The van der Waals surface area contributed by atoms with Gasteiger partial charge in [-0.25, -0.2) is 4.98 Å². The molecule has 2 N–H and O–H groups in total. The number of nitrogens with zero attached hydrogens (tertiary/aromatic N) is 2. The van der Waals surface area contributed by atoms with Gasteiger partial charge in [0.2, 0.25) is 5.95 Å². The van der Waals surface area contributed by atoms with Crippen LogP contribution in [-0.2, 0) is 12.8 Å². The zero-order valence-corrected chi connectivity index (χ0v) is 18.0. The number of fused-ring (bicyclic) bond motifs is 3. The predicted molar refractivity (Wildman–Crippen MR) is 126 cm³/mol. The quantitative estimate of drug-likeness (QED) is 0.472. The van der Waals surface area contributed by atoms with Crippen LogP contribution in [0.15, 0.2) is 65.6 Å². The monoisotopic (exact) mass is 444 g/mol. The Hall–Kier alpha value is -3.51. The van der Waals surface area contributed by atoms with Crippen LogP contribution in [0.4, 0.5) is 5.95 Å². The van der Waals surface area contributed by atoms with Gasteiger partial charge in [-0.2, -0.15) is 4.98 Å². The number of rotatable bonds is 5. The molecule has 0 saturated carbocycles. The Bertz CT molecular complexity index is 1370. The molecule has 2 aromatic heterocycles. The van der Waals surface area contributed by atoms with Crippen molar-refractivity contribution in [2.75, 3.05) is 11.9 Å². The van der Waals surface area contributed by atoms with Crippen LogP contribution in [-0.4, -0.2) is 27.3 Å². The van der Waals surface area contributed by atoms with E-state index in [2.05, 4.69) is 32.4 Å². The highest BCUT2D eigenvalue weighted by molar-refractivity contribution is 6.30. The van der Waals surface area contributed by atoms with Crippen LogP contribution in [0.5, 0.6) is 0 Å². The van der Waals surface area contributed by atoms with E-state index in [1.807, 2.05) is 42.5 Å². The van der Waals surface area contributed by atoms with E-state index in [4.69, 9.17) is 11.6 Å². The molecule has 0 fully saturated rings. The average molecular weight is 445 g/mol. The van der Waals surface area contributed by atoms with Gasteiger partial charge in [0.1, 0.15) is 0 Å². The van der Waals surface area contributed by atoms with Crippen LogP contribution in [0.3, 0.4) is 0 Å². The van der Waals surface area contributed by atoms with Crippen molar-refractivity contribution in [1.29, 1.82) is 0 Å². The van der Waals surface area contributed by atoms with Gasteiger partial charge in [-0.1, -0.05) is 54.1 Å². The van der Waals surface area contributed by atoms with Gasteiger partial charge in [-0.15, -0.1) is 0 Å². The van der Waals surface area contributed by atoms with Crippen molar-refractivity contribution < 1.29 is 4.79 Å². The number of aromatic nitrogens is 3. The molecule has 0 amide bonds. The summed E-state index contributed by atoms with van der Waals surface area (Å²) in [4.78, 5) is 37.5. The molecule has 0 radical (unpaired) electrons. The fraction of sp³-hybridized carbons (Fsp3) is 0.200. The first kappa shape index (κ1) is 20.4. The molecule has 1 atom stereocenters. The normalized spacial score (nSPS) is 15.5. The Kier molecular flexibility index (Phi) is 5.45. The summed E-state index contributed by atoms with van der Waals surface area (Å²) in [5.41, 5.74) is 3.45. The third-order valence-corrected chi connectivity index (χ3v) is 6.13. The van der Waals surface area contributed by atoms with Crippen LogP contribution in [0, 0.1) is 0 Å². The summed E-state index contributed by atoms with van der Waals surface area (Å²) in [5.74, 6) is 0.317. The van der Waals surface area contributed by atoms with Crippen LogP contribution in [0.2, 0.25) is 5.02 Å². The Morgan fingerprint density at radius 2 is 1.91 bits per heavy atom. The second-order valence-electron chi connectivity index (χ2n) is 8.01. The van der Waals surface area contributed by atoms with Crippen LogP contribution in [0.1, 0.15) is 39.4 Å². The summed E-state index contributed by atoms with van der Waals surface area (Å²) in [6.45, 7) is 0.624. The Morgan fingerprint density at radius 3 is 2.72 bits per heavy atom. The summed E-state index contributed by atoms with van der Waals surface area (Å²) >= 11 is 6.15. The molecule has 1 aliphatic rings. The molecule has 0 aliphatic heterocycles. The maximum atomic E-state index is 13.0. The molecule has 0 bridgehead atoms. The van der Waals surface area contributed by atoms with Gasteiger partial charge in [0.25, 0.3) is 5.56 Å². The van der Waals surface area contributed by atoms with Gasteiger partial charge in [0.15, 0.2) is 11.4 Å². The van der Waals surface area contributed by atoms with Gasteiger partial charge in [0, 0.05) is 29.7 Å². The van der Waals surface area contributed by atoms with E-state index in [-0.39, 0.29) is 17.3 Å². The lowest BCUT2D eigenvalue weighted by Gasteiger charge is -2.24. The van der Waals surface area contributed by atoms with Gasteiger partial charge in [-0.05, 0) is 47.6 Å². The highest BCUT2D eigenvalue weighted by Crippen LogP contribution is 2.35.